The predicted molar refractivity (Wildman–Crippen MR) is 161 cm³/mol. The fourth-order valence-electron chi connectivity index (χ4n) is 5.70. The Balaban J connectivity index is 1.49. The van der Waals surface area contributed by atoms with Gasteiger partial charge in [0.1, 0.15) is 11.2 Å². The van der Waals surface area contributed by atoms with Crippen molar-refractivity contribution in [3.05, 3.63) is 134 Å². The van der Waals surface area contributed by atoms with Gasteiger partial charge in [0.2, 0.25) is 0 Å². The minimum atomic E-state index is 0.847. The molecule has 39 heavy (non-hydrogen) atoms. The zero-order valence-corrected chi connectivity index (χ0v) is 21.0. The number of aromatic nitrogens is 2. The van der Waals surface area contributed by atoms with Gasteiger partial charge in [-0.15, -0.1) is 0 Å². The first-order valence-corrected chi connectivity index (χ1v) is 13.1. The largest absolute Gasteiger partial charge is 0.455 e. The van der Waals surface area contributed by atoms with Crippen LogP contribution in [0.3, 0.4) is 0 Å². The van der Waals surface area contributed by atoms with Crippen LogP contribution in [0.25, 0.3) is 77.1 Å². The van der Waals surface area contributed by atoms with Gasteiger partial charge in [-0.2, -0.15) is 0 Å². The highest BCUT2D eigenvalue weighted by Crippen LogP contribution is 2.41. The van der Waals surface area contributed by atoms with Gasteiger partial charge in [-0.1, -0.05) is 84.9 Å². The number of benzene rings is 5. The van der Waals surface area contributed by atoms with Crippen LogP contribution in [0.4, 0.5) is 0 Å². The van der Waals surface area contributed by atoms with Crippen LogP contribution < -0.4 is 0 Å². The number of para-hydroxylation sites is 1. The Morgan fingerprint density at radius 1 is 0.487 bits per heavy atom. The highest BCUT2D eigenvalue weighted by molar-refractivity contribution is 6.24. The van der Waals surface area contributed by atoms with E-state index in [1.165, 1.54) is 11.1 Å². The molecule has 0 amide bonds. The number of hydrogen-bond donors (Lipinski definition) is 0. The molecular weight excluding hydrogens is 476 g/mol. The number of rotatable bonds is 3. The van der Waals surface area contributed by atoms with Gasteiger partial charge in [0.25, 0.3) is 0 Å². The fraction of sp³-hybridized carbons (Fsp3) is 0. The van der Waals surface area contributed by atoms with Crippen molar-refractivity contribution in [2.45, 2.75) is 0 Å². The van der Waals surface area contributed by atoms with Crippen LogP contribution in [-0.4, -0.2) is 9.97 Å². The SMILES string of the molecule is c1ccc(-c2cc(-c3ccccc3)cc(-c3nc4cnccc4c4c3ccc3c5ccccc5oc34)c2)cc1. The first-order valence-electron chi connectivity index (χ1n) is 13.1. The third-order valence-electron chi connectivity index (χ3n) is 7.52. The summed E-state index contributed by atoms with van der Waals surface area (Å²) in [4.78, 5) is 9.61. The van der Waals surface area contributed by atoms with Gasteiger partial charge in [0.05, 0.1) is 17.4 Å². The lowest BCUT2D eigenvalue weighted by molar-refractivity contribution is 0.673. The van der Waals surface area contributed by atoms with Gasteiger partial charge < -0.3 is 4.42 Å². The van der Waals surface area contributed by atoms with Crippen LogP contribution in [0.5, 0.6) is 0 Å². The van der Waals surface area contributed by atoms with Gasteiger partial charge in [0, 0.05) is 38.7 Å². The van der Waals surface area contributed by atoms with Crippen molar-refractivity contribution in [2.75, 3.05) is 0 Å². The Labute approximate surface area is 225 Å². The van der Waals surface area contributed by atoms with E-state index in [9.17, 15) is 0 Å². The van der Waals surface area contributed by atoms with Crippen molar-refractivity contribution in [1.82, 2.24) is 9.97 Å². The third kappa shape index (κ3) is 3.52. The molecule has 3 nitrogen and oxygen atoms in total. The lowest BCUT2D eigenvalue weighted by Gasteiger charge is -2.14. The molecule has 0 N–H and O–H groups in total. The summed E-state index contributed by atoms with van der Waals surface area (Å²) < 4.78 is 6.50. The standard InChI is InChI=1S/C36H22N2O/c1-3-9-23(10-4-1)25-19-26(24-11-5-2-6-12-24)21-27(20-25)35-31-16-15-29-28-13-7-8-14-33(28)39-36(29)34(31)30-17-18-37-22-32(30)38-35/h1-22H. The molecule has 3 aromatic heterocycles. The summed E-state index contributed by atoms with van der Waals surface area (Å²) in [6, 6.07) is 42.4. The summed E-state index contributed by atoms with van der Waals surface area (Å²) in [6.07, 6.45) is 3.67. The quantitative estimate of drug-likeness (QED) is 0.228. The molecule has 0 aliphatic rings. The topological polar surface area (TPSA) is 38.9 Å². The van der Waals surface area contributed by atoms with E-state index in [0.717, 1.165) is 66.0 Å². The van der Waals surface area contributed by atoms with E-state index in [1.54, 1.807) is 0 Å². The van der Waals surface area contributed by atoms with E-state index in [2.05, 4.69) is 108 Å². The smallest absolute Gasteiger partial charge is 0.144 e. The number of hydrogen-bond acceptors (Lipinski definition) is 3. The van der Waals surface area contributed by atoms with E-state index in [4.69, 9.17) is 9.40 Å². The zero-order chi connectivity index (χ0) is 25.8. The average Bonchev–Trinajstić information content (AvgIpc) is 3.40. The molecule has 0 aliphatic heterocycles. The Morgan fingerprint density at radius 3 is 1.87 bits per heavy atom. The van der Waals surface area contributed by atoms with Gasteiger partial charge in [-0.3, -0.25) is 4.98 Å². The zero-order valence-electron chi connectivity index (χ0n) is 21.0. The van der Waals surface area contributed by atoms with Crippen LogP contribution in [-0.2, 0) is 0 Å². The van der Waals surface area contributed by atoms with Crippen molar-refractivity contribution < 1.29 is 4.42 Å². The molecule has 0 bridgehead atoms. The van der Waals surface area contributed by atoms with Gasteiger partial charge >= 0.3 is 0 Å². The Morgan fingerprint density at radius 2 is 1.13 bits per heavy atom. The molecule has 0 atom stereocenters. The molecule has 0 fully saturated rings. The van der Waals surface area contributed by atoms with Crippen LogP contribution in [0.1, 0.15) is 0 Å². The minimum Gasteiger partial charge on any atom is -0.455 e. The summed E-state index contributed by atoms with van der Waals surface area (Å²) >= 11 is 0. The molecule has 0 spiro atoms. The summed E-state index contributed by atoms with van der Waals surface area (Å²) in [5, 5.41) is 5.39. The molecule has 0 saturated carbocycles. The molecule has 8 rings (SSSR count). The molecule has 0 saturated heterocycles. The second kappa shape index (κ2) is 8.64. The van der Waals surface area contributed by atoms with Crippen LogP contribution >= 0.6 is 0 Å². The summed E-state index contributed by atoms with van der Waals surface area (Å²) in [6.45, 7) is 0. The maximum absolute atomic E-state index is 6.50. The first-order chi connectivity index (χ1) is 19.3. The molecule has 0 aliphatic carbocycles. The molecule has 182 valence electrons. The summed E-state index contributed by atoms with van der Waals surface area (Å²) in [5.41, 5.74) is 9.24. The molecule has 3 heterocycles. The molecule has 5 aromatic carbocycles. The monoisotopic (exact) mass is 498 g/mol. The third-order valence-corrected chi connectivity index (χ3v) is 7.52. The van der Waals surface area contributed by atoms with Crippen LogP contribution in [0.15, 0.2) is 138 Å². The van der Waals surface area contributed by atoms with Gasteiger partial charge in [0.15, 0.2) is 0 Å². The van der Waals surface area contributed by atoms with Crippen LogP contribution in [0, 0.1) is 0 Å². The van der Waals surface area contributed by atoms with Crippen molar-refractivity contribution in [3.8, 4) is 33.5 Å². The highest BCUT2D eigenvalue weighted by atomic mass is 16.3. The minimum absolute atomic E-state index is 0.847. The van der Waals surface area contributed by atoms with Gasteiger partial charge in [-0.25, -0.2) is 4.98 Å². The van der Waals surface area contributed by atoms with Gasteiger partial charge in [-0.05, 0) is 58.7 Å². The average molecular weight is 499 g/mol. The summed E-state index contributed by atoms with van der Waals surface area (Å²) in [7, 11) is 0. The summed E-state index contributed by atoms with van der Waals surface area (Å²) in [5.74, 6) is 0. The molecule has 0 radical (unpaired) electrons. The van der Waals surface area contributed by atoms with Crippen molar-refractivity contribution in [3.63, 3.8) is 0 Å². The van der Waals surface area contributed by atoms with E-state index in [1.807, 2.05) is 30.6 Å². The molecule has 8 aromatic rings. The second-order valence-corrected chi connectivity index (χ2v) is 9.85. The predicted octanol–water partition coefficient (Wildman–Crippen LogP) is 9.68. The fourth-order valence-corrected chi connectivity index (χ4v) is 5.70. The van der Waals surface area contributed by atoms with E-state index in [0.29, 0.717) is 0 Å². The maximum Gasteiger partial charge on any atom is 0.144 e. The lowest BCUT2D eigenvalue weighted by atomic mass is 9.92. The first kappa shape index (κ1) is 21.8. The molecule has 3 heteroatoms. The van der Waals surface area contributed by atoms with Crippen molar-refractivity contribution in [1.29, 1.82) is 0 Å². The molecular formula is C36H22N2O. The van der Waals surface area contributed by atoms with E-state index in [-0.39, 0.29) is 0 Å². The second-order valence-electron chi connectivity index (χ2n) is 9.85. The lowest BCUT2D eigenvalue weighted by Crippen LogP contribution is -1.92. The normalized spacial score (nSPS) is 11.6. The van der Waals surface area contributed by atoms with Crippen LogP contribution in [0.2, 0.25) is 0 Å². The maximum atomic E-state index is 6.50. The number of pyridine rings is 2. The highest BCUT2D eigenvalue weighted by Gasteiger charge is 2.18. The Bertz CT molecular complexity index is 2110. The van der Waals surface area contributed by atoms with E-state index < -0.39 is 0 Å². The Hall–Kier alpha value is -5.28. The van der Waals surface area contributed by atoms with E-state index >= 15 is 0 Å². The number of fused-ring (bicyclic) bond motifs is 7. The van der Waals surface area contributed by atoms with Crippen molar-refractivity contribution in [2.24, 2.45) is 0 Å². The molecule has 0 unspecified atom stereocenters. The number of nitrogens with zero attached hydrogens (tertiary/aromatic N) is 2. The number of furan rings is 1. The Kier molecular flexibility index (Phi) is 4.82. The van der Waals surface area contributed by atoms with Crippen molar-refractivity contribution >= 4 is 43.6 Å².